The predicted octanol–water partition coefficient (Wildman–Crippen LogP) is 0.846. The highest BCUT2D eigenvalue weighted by atomic mass is 15.3. The second kappa shape index (κ2) is 3.17. The third kappa shape index (κ3) is 1.37. The number of anilines is 2. The van der Waals surface area contributed by atoms with Crippen molar-refractivity contribution in [3.8, 4) is 0 Å². The second-order valence-corrected chi connectivity index (χ2v) is 3.26. The Bertz CT molecular complexity index is 459. The van der Waals surface area contributed by atoms with Crippen LogP contribution in [0.5, 0.6) is 0 Å². The molecular weight excluding hydrogens is 178 g/mol. The summed E-state index contributed by atoms with van der Waals surface area (Å²) in [6.45, 7) is 2.11. The van der Waals surface area contributed by atoms with Gasteiger partial charge in [0.2, 0.25) is 0 Å². The summed E-state index contributed by atoms with van der Waals surface area (Å²) in [6, 6.07) is 3.52. The molecule has 2 rings (SSSR count). The molecule has 0 atom stereocenters. The Balaban J connectivity index is 2.58. The van der Waals surface area contributed by atoms with Crippen LogP contribution in [-0.4, -0.2) is 14.6 Å². The van der Waals surface area contributed by atoms with E-state index in [1.54, 1.807) is 10.6 Å². The van der Waals surface area contributed by atoms with Crippen molar-refractivity contribution < 1.29 is 0 Å². The molecule has 0 fully saturated rings. The van der Waals surface area contributed by atoms with E-state index in [0.29, 0.717) is 17.3 Å². The molecule has 2 aromatic heterocycles. The number of aryl methyl sites for hydroxylation is 1. The number of rotatable bonds is 2. The molecule has 0 saturated heterocycles. The first-order chi connectivity index (χ1) is 6.70. The molecule has 0 aromatic carbocycles. The highest BCUT2D eigenvalue weighted by molar-refractivity contribution is 5.53. The smallest absolute Gasteiger partial charge is 0.159 e. The molecule has 0 spiro atoms. The molecule has 5 heteroatoms. The van der Waals surface area contributed by atoms with Crippen LogP contribution in [-0.2, 0) is 6.42 Å². The Labute approximate surface area is 81.7 Å². The Kier molecular flexibility index (Phi) is 1.99. The lowest BCUT2D eigenvalue weighted by molar-refractivity contribution is 0.838. The zero-order chi connectivity index (χ0) is 10.1. The maximum atomic E-state index is 5.75. The van der Waals surface area contributed by atoms with Crippen LogP contribution in [0.15, 0.2) is 12.1 Å². The maximum absolute atomic E-state index is 5.75. The summed E-state index contributed by atoms with van der Waals surface area (Å²) in [5, 5.41) is 4.32. The molecule has 2 heterocycles. The monoisotopic (exact) mass is 191 g/mol. The number of fused-ring (bicyclic) bond motifs is 1. The van der Waals surface area contributed by atoms with Gasteiger partial charge >= 0.3 is 0 Å². The first kappa shape index (κ1) is 8.80. The van der Waals surface area contributed by atoms with Crippen LogP contribution in [0, 0.1) is 0 Å². The molecule has 0 saturated carbocycles. The highest BCUT2D eigenvalue weighted by Crippen LogP contribution is 2.13. The molecule has 0 aliphatic rings. The molecule has 0 unspecified atom stereocenters. The van der Waals surface area contributed by atoms with E-state index in [9.17, 15) is 0 Å². The van der Waals surface area contributed by atoms with Gasteiger partial charge in [-0.15, -0.1) is 0 Å². The number of aromatic nitrogens is 3. The van der Waals surface area contributed by atoms with Crippen LogP contribution in [0.1, 0.15) is 19.0 Å². The lowest BCUT2D eigenvalue weighted by atomic mass is 10.2. The number of nitrogens with two attached hydrogens (primary N) is 2. The van der Waals surface area contributed by atoms with Crippen LogP contribution in [0.25, 0.3) is 5.65 Å². The zero-order valence-electron chi connectivity index (χ0n) is 8.07. The molecule has 0 aliphatic heterocycles. The predicted molar refractivity (Wildman–Crippen MR) is 55.8 cm³/mol. The number of hydrogen-bond donors (Lipinski definition) is 2. The lowest BCUT2D eigenvalue weighted by Crippen LogP contribution is -2.02. The Hall–Kier alpha value is -1.78. The Morgan fingerprint density at radius 3 is 2.86 bits per heavy atom. The Morgan fingerprint density at radius 2 is 2.14 bits per heavy atom. The third-order valence-electron chi connectivity index (χ3n) is 2.03. The summed E-state index contributed by atoms with van der Waals surface area (Å²) in [6.07, 6.45) is 1.99. The van der Waals surface area contributed by atoms with Crippen LogP contribution in [0.4, 0.5) is 11.6 Å². The van der Waals surface area contributed by atoms with Gasteiger partial charge in [-0.3, -0.25) is 0 Å². The van der Waals surface area contributed by atoms with Crippen LogP contribution < -0.4 is 11.5 Å². The normalized spacial score (nSPS) is 10.9. The van der Waals surface area contributed by atoms with E-state index >= 15 is 0 Å². The van der Waals surface area contributed by atoms with Gasteiger partial charge in [0, 0.05) is 12.1 Å². The van der Waals surface area contributed by atoms with Crippen molar-refractivity contribution in [2.45, 2.75) is 19.8 Å². The fourth-order valence-electron chi connectivity index (χ4n) is 1.44. The van der Waals surface area contributed by atoms with Gasteiger partial charge < -0.3 is 11.5 Å². The lowest BCUT2D eigenvalue weighted by Gasteiger charge is -1.98. The molecule has 14 heavy (non-hydrogen) atoms. The second-order valence-electron chi connectivity index (χ2n) is 3.26. The molecule has 4 N–H and O–H groups in total. The largest absolute Gasteiger partial charge is 0.384 e. The van der Waals surface area contributed by atoms with Crippen molar-refractivity contribution in [3.05, 3.63) is 17.8 Å². The minimum atomic E-state index is 0.429. The molecule has 74 valence electrons. The topological polar surface area (TPSA) is 82.2 Å². The van der Waals surface area contributed by atoms with Gasteiger partial charge in [-0.25, -0.2) is 4.98 Å². The maximum Gasteiger partial charge on any atom is 0.159 e. The zero-order valence-corrected chi connectivity index (χ0v) is 8.07. The minimum Gasteiger partial charge on any atom is -0.384 e. The summed E-state index contributed by atoms with van der Waals surface area (Å²) in [5.41, 5.74) is 13.0. The van der Waals surface area contributed by atoms with Gasteiger partial charge in [0.15, 0.2) is 5.65 Å². The summed E-state index contributed by atoms with van der Waals surface area (Å²) >= 11 is 0. The van der Waals surface area contributed by atoms with Crippen LogP contribution in [0.2, 0.25) is 0 Å². The van der Waals surface area contributed by atoms with E-state index in [2.05, 4.69) is 17.0 Å². The van der Waals surface area contributed by atoms with Crippen LogP contribution in [0.3, 0.4) is 0 Å². The fraction of sp³-hybridized carbons (Fsp3) is 0.333. The first-order valence-corrected chi connectivity index (χ1v) is 4.61. The summed E-state index contributed by atoms with van der Waals surface area (Å²) in [4.78, 5) is 4.14. The van der Waals surface area contributed by atoms with E-state index in [0.717, 1.165) is 18.5 Å². The van der Waals surface area contributed by atoms with Gasteiger partial charge in [0.25, 0.3) is 0 Å². The van der Waals surface area contributed by atoms with Gasteiger partial charge in [-0.1, -0.05) is 13.3 Å². The standard InChI is InChI=1S/C9H13N5/c1-2-3-6-4-9-12-7(10)5-8(11)14(9)13-6/h4-5H,2-3,11H2,1H3,(H2,10,12). The van der Waals surface area contributed by atoms with E-state index in [1.165, 1.54) is 0 Å². The summed E-state index contributed by atoms with van der Waals surface area (Å²) in [5.74, 6) is 0.952. The highest BCUT2D eigenvalue weighted by Gasteiger charge is 2.05. The number of hydrogen-bond acceptors (Lipinski definition) is 4. The SMILES string of the molecule is CCCc1cc2nc(N)cc(N)n2n1. The molecule has 5 nitrogen and oxygen atoms in total. The fourth-order valence-corrected chi connectivity index (χ4v) is 1.44. The van der Waals surface area contributed by atoms with Gasteiger partial charge in [0.1, 0.15) is 11.6 Å². The van der Waals surface area contributed by atoms with Crippen molar-refractivity contribution in [3.63, 3.8) is 0 Å². The molecule has 2 aromatic rings. The van der Waals surface area contributed by atoms with Crippen molar-refractivity contribution in [2.24, 2.45) is 0 Å². The van der Waals surface area contributed by atoms with Crippen molar-refractivity contribution in [1.29, 1.82) is 0 Å². The molecular formula is C9H13N5. The Morgan fingerprint density at radius 1 is 1.36 bits per heavy atom. The first-order valence-electron chi connectivity index (χ1n) is 4.61. The molecule has 0 radical (unpaired) electrons. The molecule has 0 aliphatic carbocycles. The van der Waals surface area contributed by atoms with E-state index in [1.807, 2.05) is 6.07 Å². The summed E-state index contributed by atoms with van der Waals surface area (Å²) in [7, 11) is 0. The van der Waals surface area contributed by atoms with Gasteiger partial charge in [0.05, 0.1) is 5.69 Å². The van der Waals surface area contributed by atoms with E-state index in [4.69, 9.17) is 11.5 Å². The quantitative estimate of drug-likeness (QED) is 0.737. The third-order valence-corrected chi connectivity index (χ3v) is 2.03. The van der Waals surface area contributed by atoms with Gasteiger partial charge in [-0.05, 0) is 6.42 Å². The van der Waals surface area contributed by atoms with E-state index in [-0.39, 0.29) is 0 Å². The minimum absolute atomic E-state index is 0.429. The number of nitrogen functional groups attached to an aromatic ring is 2. The van der Waals surface area contributed by atoms with Crippen molar-refractivity contribution >= 4 is 17.3 Å². The molecule has 0 amide bonds. The van der Waals surface area contributed by atoms with Crippen LogP contribution >= 0.6 is 0 Å². The average Bonchev–Trinajstić information content (AvgIpc) is 2.48. The number of nitrogens with zero attached hydrogens (tertiary/aromatic N) is 3. The molecule has 0 bridgehead atoms. The van der Waals surface area contributed by atoms with Crippen molar-refractivity contribution in [2.75, 3.05) is 11.5 Å². The average molecular weight is 191 g/mol. The summed E-state index contributed by atoms with van der Waals surface area (Å²) < 4.78 is 1.61. The van der Waals surface area contributed by atoms with E-state index < -0.39 is 0 Å². The van der Waals surface area contributed by atoms with Crippen molar-refractivity contribution in [1.82, 2.24) is 14.6 Å². The van der Waals surface area contributed by atoms with Gasteiger partial charge in [-0.2, -0.15) is 9.61 Å².